The van der Waals surface area contributed by atoms with Crippen LogP contribution >= 0.6 is 0 Å². The second kappa shape index (κ2) is 31.8. The van der Waals surface area contributed by atoms with Crippen LogP contribution in [0.2, 0.25) is 0 Å². The van der Waals surface area contributed by atoms with Crippen molar-refractivity contribution in [1.29, 1.82) is 0 Å². The van der Waals surface area contributed by atoms with Gasteiger partial charge in [0.25, 0.3) is 0 Å². The summed E-state index contributed by atoms with van der Waals surface area (Å²) in [5, 5.41) is 0. The van der Waals surface area contributed by atoms with E-state index < -0.39 is 0 Å². The molecule has 2 atom stereocenters. The minimum atomic E-state index is -0.0422. The van der Waals surface area contributed by atoms with Gasteiger partial charge in [-0.1, -0.05) is 168 Å². The number of rotatable bonds is 33. The maximum absolute atomic E-state index is 5.54. The normalized spacial score (nSPS) is 13.5. The zero-order chi connectivity index (χ0) is 29.5. The molecule has 0 aromatic rings. The summed E-state index contributed by atoms with van der Waals surface area (Å²) in [5.74, 6) is 1.48. The van der Waals surface area contributed by atoms with Crippen LogP contribution in [0.5, 0.6) is 0 Å². The molecule has 0 saturated heterocycles. The van der Waals surface area contributed by atoms with Crippen LogP contribution < -0.4 is 0 Å². The molecule has 4 heteroatoms. The lowest BCUT2D eigenvalue weighted by Gasteiger charge is -2.22. The molecule has 0 amide bonds. The standard InChI is InChI=1S/C36H74O4/c1-7-9-11-13-15-19-23-27-33(31-35(37-3)38-4)29-25-21-17-18-22-26-30-34(32-36(39-5)40-6)28-24-20-16-14-12-10-8-2/h33-36H,7-32H2,1-6H3. The summed E-state index contributed by atoms with van der Waals surface area (Å²) in [7, 11) is 7.12. The lowest BCUT2D eigenvalue weighted by Crippen LogP contribution is -2.18. The molecule has 0 aromatic heterocycles. The van der Waals surface area contributed by atoms with Crippen molar-refractivity contribution in [2.75, 3.05) is 28.4 Å². The Morgan fingerprint density at radius 3 is 0.775 bits per heavy atom. The van der Waals surface area contributed by atoms with E-state index in [4.69, 9.17) is 18.9 Å². The third-order valence-electron chi connectivity index (χ3n) is 9.01. The first-order valence-electron chi connectivity index (χ1n) is 17.8. The maximum atomic E-state index is 5.54. The van der Waals surface area contributed by atoms with Gasteiger partial charge >= 0.3 is 0 Å². The Hall–Kier alpha value is -0.160. The minimum absolute atomic E-state index is 0.0422. The Kier molecular flexibility index (Phi) is 31.6. The molecular weight excluding hydrogens is 496 g/mol. The van der Waals surface area contributed by atoms with Gasteiger partial charge in [-0.2, -0.15) is 0 Å². The van der Waals surface area contributed by atoms with Gasteiger partial charge in [-0.15, -0.1) is 0 Å². The van der Waals surface area contributed by atoms with Crippen LogP contribution in [0.15, 0.2) is 0 Å². The largest absolute Gasteiger partial charge is 0.356 e. The zero-order valence-corrected chi connectivity index (χ0v) is 28.3. The summed E-state index contributed by atoms with van der Waals surface area (Å²) in [6, 6.07) is 0. The van der Waals surface area contributed by atoms with Crippen LogP contribution in [-0.2, 0) is 18.9 Å². The summed E-state index contributed by atoms with van der Waals surface area (Å²) in [6.45, 7) is 4.59. The van der Waals surface area contributed by atoms with E-state index in [1.807, 2.05) is 0 Å². The summed E-state index contributed by atoms with van der Waals surface area (Å²) < 4.78 is 22.2. The fourth-order valence-corrected chi connectivity index (χ4v) is 6.24. The Bertz CT molecular complexity index is 422. The molecule has 0 bridgehead atoms. The molecule has 0 aliphatic carbocycles. The Morgan fingerprint density at radius 1 is 0.325 bits per heavy atom. The molecule has 4 nitrogen and oxygen atoms in total. The monoisotopic (exact) mass is 571 g/mol. The fourth-order valence-electron chi connectivity index (χ4n) is 6.24. The van der Waals surface area contributed by atoms with Crippen molar-refractivity contribution in [3.05, 3.63) is 0 Å². The Balaban J connectivity index is 4.17. The first kappa shape index (κ1) is 39.8. The van der Waals surface area contributed by atoms with Crippen molar-refractivity contribution in [3.8, 4) is 0 Å². The van der Waals surface area contributed by atoms with E-state index in [0.717, 1.165) is 24.7 Å². The quantitative estimate of drug-likeness (QED) is 0.0581. The summed E-state index contributed by atoms with van der Waals surface area (Å²) >= 11 is 0. The lowest BCUT2D eigenvalue weighted by molar-refractivity contribution is -0.115. The van der Waals surface area contributed by atoms with Crippen molar-refractivity contribution >= 4 is 0 Å². The van der Waals surface area contributed by atoms with Gasteiger partial charge in [-0.05, 0) is 11.8 Å². The highest BCUT2D eigenvalue weighted by Gasteiger charge is 2.17. The molecule has 242 valence electrons. The highest BCUT2D eigenvalue weighted by Crippen LogP contribution is 2.26. The number of hydrogen-bond donors (Lipinski definition) is 0. The lowest BCUT2D eigenvalue weighted by atomic mass is 9.90. The average molecular weight is 571 g/mol. The SMILES string of the molecule is CCCCCCCCCC(CCCCCCCCC(CCCCCCCCC)CC(OC)OC)CC(OC)OC. The minimum Gasteiger partial charge on any atom is -0.356 e. The summed E-state index contributed by atoms with van der Waals surface area (Å²) in [4.78, 5) is 0. The van der Waals surface area contributed by atoms with Gasteiger partial charge in [-0.3, -0.25) is 0 Å². The van der Waals surface area contributed by atoms with Crippen LogP contribution in [0.25, 0.3) is 0 Å². The highest BCUT2D eigenvalue weighted by atomic mass is 16.7. The number of methoxy groups -OCH3 is 4. The molecular formula is C36H74O4. The van der Waals surface area contributed by atoms with E-state index in [-0.39, 0.29) is 12.6 Å². The maximum Gasteiger partial charge on any atom is 0.157 e. The van der Waals surface area contributed by atoms with Crippen LogP contribution in [0.3, 0.4) is 0 Å². The Labute approximate surface area is 252 Å². The van der Waals surface area contributed by atoms with Gasteiger partial charge in [-0.25, -0.2) is 0 Å². The number of ether oxygens (including phenoxy) is 4. The van der Waals surface area contributed by atoms with Crippen molar-refractivity contribution < 1.29 is 18.9 Å². The first-order chi connectivity index (χ1) is 19.6. The van der Waals surface area contributed by atoms with Gasteiger partial charge in [0.15, 0.2) is 12.6 Å². The van der Waals surface area contributed by atoms with E-state index in [2.05, 4.69) is 13.8 Å². The molecule has 0 spiro atoms. The van der Waals surface area contributed by atoms with E-state index in [1.54, 1.807) is 28.4 Å². The third kappa shape index (κ3) is 25.5. The number of hydrogen-bond acceptors (Lipinski definition) is 4. The Morgan fingerprint density at radius 2 is 0.550 bits per heavy atom. The van der Waals surface area contributed by atoms with E-state index >= 15 is 0 Å². The zero-order valence-electron chi connectivity index (χ0n) is 28.3. The molecule has 0 aliphatic rings. The van der Waals surface area contributed by atoms with Crippen LogP contribution in [0.1, 0.15) is 181 Å². The molecule has 0 aliphatic heterocycles. The van der Waals surface area contributed by atoms with Gasteiger partial charge in [0.1, 0.15) is 0 Å². The highest BCUT2D eigenvalue weighted by molar-refractivity contribution is 4.65. The van der Waals surface area contributed by atoms with Gasteiger partial charge in [0.2, 0.25) is 0 Å². The molecule has 2 unspecified atom stereocenters. The molecule has 0 aromatic carbocycles. The molecule has 40 heavy (non-hydrogen) atoms. The summed E-state index contributed by atoms with van der Waals surface area (Å²) in [6.07, 6.45) is 35.0. The molecule has 0 rings (SSSR count). The van der Waals surface area contributed by atoms with Crippen molar-refractivity contribution in [2.24, 2.45) is 11.8 Å². The second-order valence-corrected chi connectivity index (χ2v) is 12.5. The third-order valence-corrected chi connectivity index (χ3v) is 9.01. The topological polar surface area (TPSA) is 36.9 Å². The van der Waals surface area contributed by atoms with E-state index in [0.29, 0.717) is 0 Å². The van der Waals surface area contributed by atoms with Gasteiger partial charge in [0, 0.05) is 41.3 Å². The van der Waals surface area contributed by atoms with Crippen LogP contribution in [-0.4, -0.2) is 41.0 Å². The van der Waals surface area contributed by atoms with E-state index in [9.17, 15) is 0 Å². The molecule has 0 N–H and O–H groups in total. The number of unbranched alkanes of at least 4 members (excludes halogenated alkanes) is 17. The fraction of sp³-hybridized carbons (Fsp3) is 1.00. The van der Waals surface area contributed by atoms with Gasteiger partial charge < -0.3 is 18.9 Å². The predicted molar refractivity (Wildman–Crippen MR) is 174 cm³/mol. The van der Waals surface area contributed by atoms with Crippen molar-refractivity contribution in [2.45, 2.75) is 193 Å². The molecule has 0 fully saturated rings. The average Bonchev–Trinajstić information content (AvgIpc) is 2.97. The van der Waals surface area contributed by atoms with Gasteiger partial charge in [0.05, 0.1) is 0 Å². The van der Waals surface area contributed by atoms with Crippen LogP contribution in [0, 0.1) is 11.8 Å². The van der Waals surface area contributed by atoms with E-state index in [1.165, 1.54) is 154 Å². The van der Waals surface area contributed by atoms with Crippen molar-refractivity contribution in [1.82, 2.24) is 0 Å². The summed E-state index contributed by atoms with van der Waals surface area (Å²) in [5.41, 5.74) is 0. The second-order valence-electron chi connectivity index (χ2n) is 12.5. The smallest absolute Gasteiger partial charge is 0.157 e. The van der Waals surface area contributed by atoms with Crippen LogP contribution in [0.4, 0.5) is 0 Å². The molecule has 0 heterocycles. The molecule has 0 saturated carbocycles. The molecule has 0 radical (unpaired) electrons. The predicted octanol–water partition coefficient (Wildman–Crippen LogP) is 11.6. The van der Waals surface area contributed by atoms with Crippen molar-refractivity contribution in [3.63, 3.8) is 0 Å². The first-order valence-corrected chi connectivity index (χ1v) is 17.8.